The van der Waals surface area contributed by atoms with Crippen LogP contribution in [0.4, 0.5) is 11.4 Å². The zero-order chi connectivity index (χ0) is 14.8. The van der Waals surface area contributed by atoms with Crippen LogP contribution in [0.2, 0.25) is 5.02 Å². The first-order valence-corrected chi connectivity index (χ1v) is 7.28. The van der Waals surface area contributed by atoms with E-state index in [0.29, 0.717) is 0 Å². The maximum atomic E-state index is 6.28. The van der Waals surface area contributed by atoms with Crippen molar-refractivity contribution >= 4 is 33.9 Å². The Morgan fingerprint density at radius 3 is 2.81 bits per heavy atom. The SMILES string of the molecule is CN(C)c1c(Cl)cccc1NCc1ccc2cc[nH]c2c1. The third-order valence-electron chi connectivity index (χ3n) is 3.54. The molecule has 0 spiro atoms. The molecule has 2 aromatic carbocycles. The Labute approximate surface area is 129 Å². The summed E-state index contributed by atoms with van der Waals surface area (Å²) in [7, 11) is 3.99. The molecule has 3 nitrogen and oxygen atoms in total. The number of aromatic amines is 1. The molecule has 0 aliphatic rings. The molecule has 1 heterocycles. The van der Waals surface area contributed by atoms with Crippen molar-refractivity contribution in [2.24, 2.45) is 0 Å². The summed E-state index contributed by atoms with van der Waals surface area (Å²) in [6, 6.07) is 14.4. The predicted octanol–water partition coefficient (Wildman–Crippen LogP) is 4.50. The van der Waals surface area contributed by atoms with Crippen LogP contribution in [0, 0.1) is 0 Å². The molecule has 0 unspecified atom stereocenters. The van der Waals surface area contributed by atoms with Gasteiger partial charge in [-0.1, -0.05) is 29.8 Å². The van der Waals surface area contributed by atoms with Crippen LogP contribution in [0.25, 0.3) is 10.9 Å². The number of rotatable bonds is 4. The number of hydrogen-bond acceptors (Lipinski definition) is 2. The molecule has 3 rings (SSSR count). The summed E-state index contributed by atoms with van der Waals surface area (Å²) in [6.45, 7) is 0.760. The quantitative estimate of drug-likeness (QED) is 0.743. The molecule has 108 valence electrons. The second-order valence-electron chi connectivity index (χ2n) is 5.28. The first-order valence-electron chi connectivity index (χ1n) is 6.91. The summed E-state index contributed by atoms with van der Waals surface area (Å²) in [5, 5.41) is 5.45. The normalized spacial score (nSPS) is 10.8. The minimum Gasteiger partial charge on any atom is -0.379 e. The van der Waals surface area contributed by atoms with Gasteiger partial charge in [-0.15, -0.1) is 0 Å². The lowest BCUT2D eigenvalue weighted by Gasteiger charge is -2.20. The molecule has 0 aliphatic carbocycles. The number of nitrogens with zero attached hydrogens (tertiary/aromatic N) is 1. The van der Waals surface area contributed by atoms with Gasteiger partial charge < -0.3 is 15.2 Å². The number of aromatic nitrogens is 1. The van der Waals surface area contributed by atoms with Crippen molar-refractivity contribution in [1.82, 2.24) is 4.98 Å². The fourth-order valence-electron chi connectivity index (χ4n) is 2.51. The molecular weight excluding hydrogens is 282 g/mol. The van der Waals surface area contributed by atoms with Gasteiger partial charge >= 0.3 is 0 Å². The lowest BCUT2D eigenvalue weighted by atomic mass is 10.1. The van der Waals surface area contributed by atoms with Crippen LogP contribution in [0.1, 0.15) is 5.56 Å². The Bertz CT molecular complexity index is 762. The largest absolute Gasteiger partial charge is 0.379 e. The van der Waals surface area contributed by atoms with Crippen molar-refractivity contribution in [3.8, 4) is 0 Å². The Morgan fingerprint density at radius 2 is 2.00 bits per heavy atom. The zero-order valence-electron chi connectivity index (χ0n) is 12.2. The summed E-state index contributed by atoms with van der Waals surface area (Å²) in [6.07, 6.45) is 1.96. The smallest absolute Gasteiger partial charge is 0.0786 e. The molecule has 4 heteroatoms. The van der Waals surface area contributed by atoms with E-state index in [1.165, 1.54) is 10.9 Å². The van der Waals surface area contributed by atoms with Gasteiger partial charge in [0.2, 0.25) is 0 Å². The van der Waals surface area contributed by atoms with Gasteiger partial charge in [0, 0.05) is 32.4 Å². The standard InChI is InChI=1S/C17H18ClN3/c1-21(2)17-14(18)4-3-5-15(17)20-11-12-6-7-13-8-9-19-16(13)10-12/h3-10,19-20H,11H2,1-2H3. The average molecular weight is 300 g/mol. The van der Waals surface area contributed by atoms with Gasteiger partial charge in [0.15, 0.2) is 0 Å². The maximum absolute atomic E-state index is 6.28. The van der Waals surface area contributed by atoms with E-state index >= 15 is 0 Å². The number of benzene rings is 2. The number of fused-ring (bicyclic) bond motifs is 1. The maximum Gasteiger partial charge on any atom is 0.0786 e. The number of anilines is 2. The van der Waals surface area contributed by atoms with E-state index in [-0.39, 0.29) is 0 Å². The highest BCUT2D eigenvalue weighted by Crippen LogP contribution is 2.32. The summed E-state index contributed by atoms with van der Waals surface area (Å²) in [5.74, 6) is 0. The van der Waals surface area contributed by atoms with Gasteiger partial charge in [-0.05, 0) is 35.2 Å². The van der Waals surface area contributed by atoms with E-state index in [1.807, 2.05) is 43.4 Å². The molecule has 1 aromatic heterocycles. The van der Waals surface area contributed by atoms with Crippen molar-refractivity contribution < 1.29 is 0 Å². The molecule has 0 saturated carbocycles. The topological polar surface area (TPSA) is 31.1 Å². The first kappa shape index (κ1) is 13.8. The van der Waals surface area contributed by atoms with Crippen LogP contribution in [-0.4, -0.2) is 19.1 Å². The van der Waals surface area contributed by atoms with E-state index in [1.54, 1.807) is 0 Å². The molecule has 0 amide bonds. The Kier molecular flexibility index (Phi) is 3.76. The molecule has 3 aromatic rings. The highest BCUT2D eigenvalue weighted by Gasteiger charge is 2.08. The van der Waals surface area contributed by atoms with Crippen LogP contribution in [0.5, 0.6) is 0 Å². The van der Waals surface area contributed by atoms with Crippen molar-refractivity contribution in [3.63, 3.8) is 0 Å². The molecule has 2 N–H and O–H groups in total. The van der Waals surface area contributed by atoms with Gasteiger partial charge in [-0.2, -0.15) is 0 Å². The Balaban J connectivity index is 1.82. The van der Waals surface area contributed by atoms with E-state index in [2.05, 4.69) is 34.6 Å². The van der Waals surface area contributed by atoms with Gasteiger partial charge in [0.05, 0.1) is 16.4 Å². The molecule has 0 saturated heterocycles. The van der Waals surface area contributed by atoms with Gasteiger partial charge in [-0.25, -0.2) is 0 Å². The van der Waals surface area contributed by atoms with E-state index in [9.17, 15) is 0 Å². The zero-order valence-corrected chi connectivity index (χ0v) is 12.9. The third kappa shape index (κ3) is 2.83. The van der Waals surface area contributed by atoms with Gasteiger partial charge in [0.1, 0.15) is 0 Å². The Morgan fingerprint density at radius 1 is 1.14 bits per heavy atom. The number of H-pyrrole nitrogens is 1. The lowest BCUT2D eigenvalue weighted by molar-refractivity contribution is 1.10. The molecule has 21 heavy (non-hydrogen) atoms. The summed E-state index contributed by atoms with van der Waals surface area (Å²) < 4.78 is 0. The number of nitrogens with one attached hydrogen (secondary N) is 2. The predicted molar refractivity (Wildman–Crippen MR) is 91.4 cm³/mol. The highest BCUT2D eigenvalue weighted by molar-refractivity contribution is 6.34. The third-order valence-corrected chi connectivity index (χ3v) is 3.84. The van der Waals surface area contributed by atoms with Crippen LogP contribution in [0.15, 0.2) is 48.7 Å². The molecular formula is C17H18ClN3. The van der Waals surface area contributed by atoms with E-state index in [4.69, 9.17) is 11.6 Å². The van der Waals surface area contributed by atoms with Gasteiger partial charge in [-0.3, -0.25) is 0 Å². The molecule has 0 fully saturated rings. The number of hydrogen-bond donors (Lipinski definition) is 2. The fraction of sp³-hybridized carbons (Fsp3) is 0.176. The minimum absolute atomic E-state index is 0.754. The second-order valence-corrected chi connectivity index (χ2v) is 5.69. The van der Waals surface area contributed by atoms with Crippen LogP contribution >= 0.6 is 11.6 Å². The lowest BCUT2D eigenvalue weighted by Crippen LogP contribution is -2.12. The van der Waals surface area contributed by atoms with Crippen LogP contribution in [0.3, 0.4) is 0 Å². The monoisotopic (exact) mass is 299 g/mol. The minimum atomic E-state index is 0.754. The van der Waals surface area contributed by atoms with E-state index in [0.717, 1.165) is 28.5 Å². The number of halogens is 1. The molecule has 0 radical (unpaired) electrons. The highest BCUT2D eigenvalue weighted by atomic mass is 35.5. The molecule has 0 aliphatic heterocycles. The number of para-hydroxylation sites is 1. The molecule has 0 atom stereocenters. The van der Waals surface area contributed by atoms with Crippen LogP contribution < -0.4 is 10.2 Å². The van der Waals surface area contributed by atoms with E-state index < -0.39 is 0 Å². The average Bonchev–Trinajstić information content (AvgIpc) is 2.92. The van der Waals surface area contributed by atoms with Crippen molar-refractivity contribution in [2.45, 2.75) is 6.54 Å². The fourth-order valence-corrected chi connectivity index (χ4v) is 2.86. The van der Waals surface area contributed by atoms with Crippen molar-refractivity contribution in [1.29, 1.82) is 0 Å². The van der Waals surface area contributed by atoms with Crippen molar-refractivity contribution in [2.75, 3.05) is 24.3 Å². The second kappa shape index (κ2) is 5.70. The van der Waals surface area contributed by atoms with Crippen LogP contribution in [-0.2, 0) is 6.54 Å². The summed E-state index contributed by atoms with van der Waals surface area (Å²) >= 11 is 6.28. The summed E-state index contributed by atoms with van der Waals surface area (Å²) in [5.41, 5.74) is 4.45. The first-order chi connectivity index (χ1) is 10.1. The van der Waals surface area contributed by atoms with Crippen molar-refractivity contribution in [3.05, 3.63) is 59.2 Å². The molecule has 0 bridgehead atoms. The summed E-state index contributed by atoms with van der Waals surface area (Å²) in [4.78, 5) is 5.27. The Hall–Kier alpha value is -2.13. The van der Waals surface area contributed by atoms with Gasteiger partial charge in [0.25, 0.3) is 0 Å².